The lowest BCUT2D eigenvalue weighted by molar-refractivity contribution is -0.386. The maximum atomic E-state index is 11.3. The average molecular weight is 342 g/mol. The fourth-order valence-electron chi connectivity index (χ4n) is 2.99. The highest BCUT2D eigenvalue weighted by atomic mass is 79.9. The Morgan fingerprint density at radius 3 is 2.95 bits per heavy atom. The average Bonchev–Trinajstić information content (AvgIpc) is 2.40. The molecule has 1 aromatic carbocycles. The lowest BCUT2D eigenvalue weighted by Crippen LogP contribution is -2.46. The Labute approximate surface area is 127 Å². The van der Waals surface area contributed by atoms with Crippen LogP contribution in [0.2, 0.25) is 0 Å². The molecule has 6 heteroatoms. The van der Waals surface area contributed by atoms with Crippen molar-refractivity contribution in [2.24, 2.45) is 5.73 Å². The van der Waals surface area contributed by atoms with Gasteiger partial charge in [0.25, 0.3) is 5.69 Å². The number of likely N-dealkylation sites (tertiary alicyclic amines) is 1. The van der Waals surface area contributed by atoms with Crippen molar-refractivity contribution in [3.63, 3.8) is 0 Å². The number of nitro groups is 1. The molecule has 0 spiro atoms. The fraction of sp³-hybridized carbons (Fsp3) is 0.571. The van der Waals surface area contributed by atoms with Gasteiger partial charge in [-0.25, -0.2) is 0 Å². The van der Waals surface area contributed by atoms with Crippen LogP contribution < -0.4 is 5.73 Å². The second-order valence-electron chi connectivity index (χ2n) is 5.25. The molecule has 5 nitrogen and oxygen atoms in total. The molecule has 1 fully saturated rings. The molecule has 1 heterocycles. The first-order chi connectivity index (χ1) is 9.54. The van der Waals surface area contributed by atoms with Crippen LogP contribution in [0.3, 0.4) is 0 Å². The fourth-order valence-corrected chi connectivity index (χ4v) is 3.34. The number of nitrogens with two attached hydrogens (primary N) is 1. The first-order valence-corrected chi connectivity index (χ1v) is 7.77. The third-order valence-electron chi connectivity index (χ3n) is 3.80. The zero-order chi connectivity index (χ0) is 14.7. The van der Waals surface area contributed by atoms with Gasteiger partial charge in [0, 0.05) is 22.1 Å². The maximum absolute atomic E-state index is 11.3. The minimum absolute atomic E-state index is 0.0461. The second kappa shape index (κ2) is 6.65. The number of rotatable bonds is 4. The van der Waals surface area contributed by atoms with Gasteiger partial charge in [-0.15, -0.1) is 0 Å². The van der Waals surface area contributed by atoms with Crippen LogP contribution in [0, 0.1) is 10.1 Å². The minimum atomic E-state index is -0.314. The van der Waals surface area contributed by atoms with Gasteiger partial charge in [-0.05, 0) is 44.5 Å². The number of nitrogens with zero attached hydrogens (tertiary/aromatic N) is 2. The van der Waals surface area contributed by atoms with E-state index in [0.29, 0.717) is 0 Å². The molecule has 2 atom stereocenters. The molecule has 2 N–H and O–H groups in total. The first kappa shape index (κ1) is 15.4. The largest absolute Gasteiger partial charge is 0.326 e. The Balaban J connectivity index is 2.43. The molecule has 2 unspecified atom stereocenters. The van der Waals surface area contributed by atoms with E-state index in [1.54, 1.807) is 6.07 Å². The van der Waals surface area contributed by atoms with E-state index < -0.39 is 0 Å². The number of benzene rings is 1. The molecule has 1 aromatic rings. The summed E-state index contributed by atoms with van der Waals surface area (Å²) in [6.07, 6.45) is 2.99. The third kappa shape index (κ3) is 3.19. The molecule has 1 aliphatic rings. The van der Waals surface area contributed by atoms with Gasteiger partial charge in [0.05, 0.1) is 11.0 Å². The molecule has 0 aliphatic carbocycles. The molecule has 0 saturated carbocycles. The summed E-state index contributed by atoms with van der Waals surface area (Å²) in [7, 11) is 0. The van der Waals surface area contributed by atoms with Crippen molar-refractivity contribution in [3.05, 3.63) is 38.3 Å². The van der Waals surface area contributed by atoms with Crippen molar-refractivity contribution in [1.29, 1.82) is 0 Å². The Hall–Kier alpha value is -0.980. The number of piperidine rings is 1. The van der Waals surface area contributed by atoms with E-state index >= 15 is 0 Å². The molecule has 0 aromatic heterocycles. The van der Waals surface area contributed by atoms with Crippen molar-refractivity contribution in [2.75, 3.05) is 13.1 Å². The van der Waals surface area contributed by atoms with Gasteiger partial charge in [0.15, 0.2) is 0 Å². The van der Waals surface area contributed by atoms with E-state index in [2.05, 4.69) is 27.8 Å². The van der Waals surface area contributed by atoms with Gasteiger partial charge in [-0.3, -0.25) is 15.0 Å². The van der Waals surface area contributed by atoms with Gasteiger partial charge in [0.2, 0.25) is 0 Å². The first-order valence-electron chi connectivity index (χ1n) is 6.98. The molecule has 110 valence electrons. The van der Waals surface area contributed by atoms with Gasteiger partial charge < -0.3 is 5.73 Å². The Kier molecular flexibility index (Phi) is 5.12. The van der Waals surface area contributed by atoms with Gasteiger partial charge in [0.1, 0.15) is 0 Å². The standard InChI is InChI=1S/C14H20BrN3O2/c1-2-7-17-8-3-4-12(16)14(17)11-6-5-10(15)9-13(11)18(19)20/h5-6,9,12,14H,2-4,7-8,16H2,1H3. The van der Waals surface area contributed by atoms with Crippen LogP contribution in [0.15, 0.2) is 22.7 Å². The molecule has 20 heavy (non-hydrogen) atoms. The zero-order valence-corrected chi connectivity index (χ0v) is 13.2. The minimum Gasteiger partial charge on any atom is -0.326 e. The number of hydrogen-bond acceptors (Lipinski definition) is 4. The molecule has 0 amide bonds. The van der Waals surface area contributed by atoms with E-state index in [1.807, 2.05) is 12.1 Å². The summed E-state index contributed by atoms with van der Waals surface area (Å²) in [5.74, 6) is 0. The van der Waals surface area contributed by atoms with Crippen LogP contribution in [-0.2, 0) is 0 Å². The summed E-state index contributed by atoms with van der Waals surface area (Å²) in [4.78, 5) is 13.3. The van der Waals surface area contributed by atoms with E-state index in [9.17, 15) is 10.1 Å². The van der Waals surface area contributed by atoms with Crippen molar-refractivity contribution in [1.82, 2.24) is 4.90 Å². The molecular formula is C14H20BrN3O2. The third-order valence-corrected chi connectivity index (χ3v) is 4.29. The molecule has 1 aliphatic heterocycles. The summed E-state index contributed by atoms with van der Waals surface area (Å²) in [6.45, 7) is 4.00. The molecular weight excluding hydrogens is 322 g/mol. The predicted molar refractivity (Wildman–Crippen MR) is 82.6 cm³/mol. The maximum Gasteiger partial charge on any atom is 0.275 e. The highest BCUT2D eigenvalue weighted by Gasteiger charge is 2.34. The van der Waals surface area contributed by atoms with Crippen LogP contribution >= 0.6 is 15.9 Å². The van der Waals surface area contributed by atoms with Gasteiger partial charge >= 0.3 is 0 Å². The van der Waals surface area contributed by atoms with E-state index in [4.69, 9.17) is 5.73 Å². The van der Waals surface area contributed by atoms with Gasteiger partial charge in [-0.2, -0.15) is 0 Å². The summed E-state index contributed by atoms with van der Waals surface area (Å²) < 4.78 is 0.722. The molecule has 2 rings (SSSR count). The summed E-state index contributed by atoms with van der Waals surface area (Å²) in [5, 5.41) is 11.3. The summed E-state index contributed by atoms with van der Waals surface area (Å²) in [6, 6.07) is 5.15. The van der Waals surface area contributed by atoms with Crippen molar-refractivity contribution in [3.8, 4) is 0 Å². The smallest absolute Gasteiger partial charge is 0.275 e. The molecule has 1 saturated heterocycles. The number of nitro benzene ring substituents is 1. The van der Waals surface area contributed by atoms with Crippen LogP contribution in [0.4, 0.5) is 5.69 Å². The number of hydrogen-bond donors (Lipinski definition) is 1. The van der Waals surface area contributed by atoms with Crippen LogP contribution in [0.5, 0.6) is 0 Å². The van der Waals surface area contributed by atoms with E-state index in [0.717, 1.165) is 42.4 Å². The topological polar surface area (TPSA) is 72.4 Å². The zero-order valence-electron chi connectivity index (χ0n) is 11.6. The van der Waals surface area contributed by atoms with E-state index in [1.165, 1.54) is 0 Å². The quantitative estimate of drug-likeness (QED) is 0.674. The van der Waals surface area contributed by atoms with Crippen LogP contribution in [-0.4, -0.2) is 29.0 Å². The van der Waals surface area contributed by atoms with Crippen molar-refractivity contribution in [2.45, 2.75) is 38.3 Å². The predicted octanol–water partition coefficient (Wildman–Crippen LogP) is 3.23. The monoisotopic (exact) mass is 341 g/mol. The van der Waals surface area contributed by atoms with Crippen LogP contribution in [0.25, 0.3) is 0 Å². The van der Waals surface area contributed by atoms with Gasteiger partial charge in [-0.1, -0.05) is 22.9 Å². The Morgan fingerprint density at radius 2 is 2.30 bits per heavy atom. The summed E-state index contributed by atoms with van der Waals surface area (Å²) in [5.41, 5.74) is 7.15. The normalized spacial score (nSPS) is 23.8. The lowest BCUT2D eigenvalue weighted by atomic mass is 9.90. The van der Waals surface area contributed by atoms with Crippen molar-refractivity contribution < 1.29 is 4.92 Å². The number of halogens is 1. The van der Waals surface area contributed by atoms with Crippen molar-refractivity contribution >= 4 is 21.6 Å². The highest BCUT2D eigenvalue weighted by Crippen LogP contribution is 2.36. The lowest BCUT2D eigenvalue weighted by Gasteiger charge is -2.39. The second-order valence-corrected chi connectivity index (χ2v) is 6.16. The molecule has 0 radical (unpaired) electrons. The molecule has 0 bridgehead atoms. The summed E-state index contributed by atoms with van der Waals surface area (Å²) >= 11 is 3.30. The SMILES string of the molecule is CCCN1CCCC(N)C1c1ccc(Br)cc1[N+](=O)[O-]. The highest BCUT2D eigenvalue weighted by molar-refractivity contribution is 9.10. The Bertz CT molecular complexity index is 493. The van der Waals surface area contributed by atoms with E-state index in [-0.39, 0.29) is 22.7 Å². The van der Waals surface area contributed by atoms with Crippen LogP contribution in [0.1, 0.15) is 37.8 Å². The Morgan fingerprint density at radius 1 is 1.55 bits per heavy atom.